The third kappa shape index (κ3) is 9.71. The molecule has 4 heteroatoms. The zero-order chi connectivity index (χ0) is 27.9. The average molecular weight is 532 g/mol. The topological polar surface area (TPSA) is 59.3 Å². The van der Waals surface area contributed by atoms with E-state index in [4.69, 9.17) is 9.47 Å². The van der Waals surface area contributed by atoms with Gasteiger partial charge in [-0.2, -0.15) is 5.26 Å². The fourth-order valence-electron chi connectivity index (χ4n) is 5.97. The van der Waals surface area contributed by atoms with Crippen molar-refractivity contribution in [3.63, 3.8) is 0 Å². The van der Waals surface area contributed by atoms with Gasteiger partial charge >= 0.3 is 5.97 Å². The lowest BCUT2D eigenvalue weighted by molar-refractivity contribution is -0.149. The second-order valence-corrected chi connectivity index (χ2v) is 11.7. The van der Waals surface area contributed by atoms with Gasteiger partial charge in [0.1, 0.15) is 5.75 Å². The smallest absolute Gasteiger partial charge is 0.325 e. The summed E-state index contributed by atoms with van der Waals surface area (Å²) in [5.41, 5.74) is 2.77. The molecule has 1 fully saturated rings. The van der Waals surface area contributed by atoms with E-state index < -0.39 is 11.4 Å². The molecule has 1 saturated carbocycles. The predicted molar refractivity (Wildman–Crippen MR) is 160 cm³/mol. The van der Waals surface area contributed by atoms with E-state index in [1.165, 1.54) is 75.2 Å². The number of nitriles is 1. The standard InChI is InChI=1S/C35H49NO3/c1-4-5-6-7-8-9-10-11-12-25-39-33-23-21-32(22-24-33)31-19-17-30(18-20-31)29-15-13-28(14-16-29)26-35(2,27-36)34(37)38-3/h17-24,28-29H,4-16,25-26H2,1-3H3. The van der Waals surface area contributed by atoms with Gasteiger partial charge in [0.2, 0.25) is 0 Å². The molecule has 39 heavy (non-hydrogen) atoms. The monoisotopic (exact) mass is 531 g/mol. The predicted octanol–water partition coefficient (Wildman–Crippen LogP) is 9.63. The summed E-state index contributed by atoms with van der Waals surface area (Å²) >= 11 is 0. The van der Waals surface area contributed by atoms with E-state index in [1.54, 1.807) is 6.92 Å². The molecule has 0 aliphatic heterocycles. The maximum Gasteiger partial charge on any atom is 0.325 e. The molecule has 0 bridgehead atoms. The third-order valence-electron chi connectivity index (χ3n) is 8.51. The number of methoxy groups -OCH3 is 1. The molecule has 1 aliphatic rings. The maximum atomic E-state index is 12.1. The summed E-state index contributed by atoms with van der Waals surface area (Å²) in [6.07, 6.45) is 16.8. The molecule has 0 amide bonds. The summed E-state index contributed by atoms with van der Waals surface area (Å²) in [4.78, 5) is 12.1. The molecule has 0 saturated heterocycles. The summed E-state index contributed by atoms with van der Waals surface area (Å²) in [5.74, 6) is 1.47. The van der Waals surface area contributed by atoms with Gasteiger partial charge in [0, 0.05) is 0 Å². The lowest BCUT2D eigenvalue weighted by Crippen LogP contribution is -2.31. The molecular formula is C35H49NO3. The van der Waals surface area contributed by atoms with Crippen molar-refractivity contribution in [1.29, 1.82) is 5.26 Å². The highest BCUT2D eigenvalue weighted by Gasteiger charge is 2.38. The summed E-state index contributed by atoms with van der Waals surface area (Å²) in [5, 5.41) is 9.53. The quantitative estimate of drug-likeness (QED) is 0.160. The Kier molecular flexibility index (Phi) is 12.9. The first-order chi connectivity index (χ1) is 19.0. The Morgan fingerprint density at radius 2 is 1.38 bits per heavy atom. The molecule has 0 heterocycles. The highest BCUT2D eigenvalue weighted by molar-refractivity contribution is 5.79. The van der Waals surface area contributed by atoms with E-state index in [-0.39, 0.29) is 0 Å². The fraction of sp³-hybridized carbons (Fsp3) is 0.600. The SMILES string of the molecule is CCCCCCCCCCCOc1ccc(-c2ccc(C3CCC(CC(C)(C#N)C(=O)OC)CC3)cc2)cc1. The Bertz CT molecular complexity index is 1020. The number of rotatable bonds is 16. The van der Waals surface area contributed by atoms with Crippen LogP contribution in [0, 0.1) is 22.7 Å². The van der Waals surface area contributed by atoms with E-state index in [9.17, 15) is 10.1 Å². The maximum absolute atomic E-state index is 12.1. The molecule has 4 nitrogen and oxygen atoms in total. The first kappa shape index (κ1) is 30.7. The van der Waals surface area contributed by atoms with E-state index in [1.807, 2.05) is 0 Å². The molecule has 212 valence electrons. The Labute approximate surface area is 237 Å². The van der Waals surface area contributed by atoms with Gasteiger partial charge in [0.25, 0.3) is 0 Å². The molecule has 0 aromatic heterocycles. The van der Waals surface area contributed by atoms with Crippen molar-refractivity contribution in [3.05, 3.63) is 54.1 Å². The summed E-state index contributed by atoms with van der Waals surface area (Å²) in [6.45, 7) is 4.77. The molecule has 1 atom stereocenters. The van der Waals surface area contributed by atoms with Crippen molar-refractivity contribution in [3.8, 4) is 22.9 Å². The lowest BCUT2D eigenvalue weighted by Gasteiger charge is -2.32. The van der Waals surface area contributed by atoms with Gasteiger partial charge in [-0.25, -0.2) is 0 Å². The van der Waals surface area contributed by atoms with Gasteiger partial charge < -0.3 is 9.47 Å². The zero-order valence-corrected chi connectivity index (χ0v) is 24.6. The van der Waals surface area contributed by atoms with Crippen molar-refractivity contribution < 1.29 is 14.3 Å². The van der Waals surface area contributed by atoms with Crippen LogP contribution in [0.2, 0.25) is 0 Å². The largest absolute Gasteiger partial charge is 0.494 e. The van der Waals surface area contributed by atoms with Crippen molar-refractivity contribution in [2.75, 3.05) is 13.7 Å². The van der Waals surface area contributed by atoms with Crippen molar-refractivity contribution in [2.24, 2.45) is 11.3 Å². The van der Waals surface area contributed by atoms with Crippen LogP contribution in [0.25, 0.3) is 11.1 Å². The number of esters is 1. The number of benzene rings is 2. The number of hydrogen-bond donors (Lipinski definition) is 0. The molecule has 1 aliphatic carbocycles. The zero-order valence-electron chi connectivity index (χ0n) is 24.6. The van der Waals surface area contributed by atoms with Gasteiger partial charge in [0.15, 0.2) is 5.41 Å². The summed E-state index contributed by atoms with van der Waals surface area (Å²) in [7, 11) is 1.36. The summed E-state index contributed by atoms with van der Waals surface area (Å²) < 4.78 is 10.8. The second kappa shape index (κ2) is 16.3. The lowest BCUT2D eigenvalue weighted by atomic mass is 9.72. The van der Waals surface area contributed by atoms with E-state index in [0.717, 1.165) is 44.5 Å². The molecule has 2 aromatic rings. The first-order valence-corrected chi connectivity index (χ1v) is 15.3. The number of carbonyl (C=O) groups excluding carboxylic acids is 1. The molecule has 3 rings (SSSR count). The van der Waals surface area contributed by atoms with Crippen molar-refractivity contribution >= 4 is 5.97 Å². The fourth-order valence-corrected chi connectivity index (χ4v) is 5.97. The number of ether oxygens (including phenoxy) is 2. The molecule has 2 aromatic carbocycles. The van der Waals surface area contributed by atoms with E-state index >= 15 is 0 Å². The minimum Gasteiger partial charge on any atom is -0.494 e. The van der Waals surface area contributed by atoms with Gasteiger partial charge in [-0.3, -0.25) is 4.79 Å². The Morgan fingerprint density at radius 3 is 1.92 bits per heavy atom. The molecular weight excluding hydrogens is 482 g/mol. The molecule has 0 spiro atoms. The van der Waals surface area contributed by atoms with Crippen LogP contribution in [-0.2, 0) is 9.53 Å². The average Bonchev–Trinajstić information content (AvgIpc) is 2.98. The number of unbranched alkanes of at least 4 members (excludes halogenated alkanes) is 8. The highest BCUT2D eigenvalue weighted by Crippen LogP contribution is 2.41. The Hall–Kier alpha value is -2.80. The van der Waals surface area contributed by atoms with Crippen LogP contribution in [0.1, 0.15) is 115 Å². The normalized spacial score (nSPS) is 18.6. The minimum atomic E-state index is -1.04. The minimum absolute atomic E-state index is 0.394. The van der Waals surface area contributed by atoms with Gasteiger partial charge in [-0.05, 0) is 86.1 Å². The molecule has 0 radical (unpaired) electrons. The van der Waals surface area contributed by atoms with Crippen LogP contribution in [0.4, 0.5) is 0 Å². The van der Waals surface area contributed by atoms with Crippen LogP contribution >= 0.6 is 0 Å². The molecule has 1 unspecified atom stereocenters. The van der Waals surface area contributed by atoms with Crippen LogP contribution in [0.15, 0.2) is 48.5 Å². The number of carbonyl (C=O) groups is 1. The van der Waals surface area contributed by atoms with Crippen molar-refractivity contribution in [2.45, 2.75) is 110 Å². The highest BCUT2D eigenvalue weighted by atomic mass is 16.5. The van der Waals surface area contributed by atoms with Crippen LogP contribution in [0.3, 0.4) is 0 Å². The number of nitrogens with zero attached hydrogens (tertiary/aromatic N) is 1. The second-order valence-electron chi connectivity index (χ2n) is 11.7. The van der Waals surface area contributed by atoms with Gasteiger partial charge in [0.05, 0.1) is 19.8 Å². The Morgan fingerprint density at radius 1 is 0.846 bits per heavy atom. The van der Waals surface area contributed by atoms with E-state index in [0.29, 0.717) is 18.3 Å². The summed E-state index contributed by atoms with van der Waals surface area (Å²) in [6, 6.07) is 19.6. The van der Waals surface area contributed by atoms with Crippen LogP contribution < -0.4 is 4.74 Å². The third-order valence-corrected chi connectivity index (χ3v) is 8.51. The Balaban J connectivity index is 1.38. The van der Waals surface area contributed by atoms with Crippen molar-refractivity contribution in [1.82, 2.24) is 0 Å². The van der Waals surface area contributed by atoms with Gasteiger partial charge in [-0.1, -0.05) is 94.7 Å². The van der Waals surface area contributed by atoms with Crippen LogP contribution in [0.5, 0.6) is 5.75 Å². The first-order valence-electron chi connectivity index (χ1n) is 15.3. The number of hydrogen-bond acceptors (Lipinski definition) is 4. The van der Waals surface area contributed by atoms with Crippen LogP contribution in [-0.4, -0.2) is 19.7 Å². The van der Waals surface area contributed by atoms with Gasteiger partial charge in [-0.15, -0.1) is 0 Å². The molecule has 0 N–H and O–H groups in total. The van der Waals surface area contributed by atoms with E-state index in [2.05, 4.69) is 61.5 Å².